The van der Waals surface area contributed by atoms with Crippen LogP contribution in [0.1, 0.15) is 22.6 Å². The van der Waals surface area contributed by atoms with Crippen molar-refractivity contribution in [2.45, 2.75) is 17.9 Å². The van der Waals surface area contributed by atoms with Gasteiger partial charge in [0.2, 0.25) is 0 Å². The molecule has 1 aromatic carbocycles. The van der Waals surface area contributed by atoms with Gasteiger partial charge >= 0.3 is 0 Å². The highest BCUT2D eigenvalue weighted by Gasteiger charge is 2.15. The summed E-state index contributed by atoms with van der Waals surface area (Å²) in [5.74, 6) is 3.78. The molecule has 0 spiro atoms. The summed E-state index contributed by atoms with van der Waals surface area (Å²) in [6.07, 6.45) is 0.714. The van der Waals surface area contributed by atoms with Crippen LogP contribution in [0.4, 0.5) is 0 Å². The first-order valence-corrected chi connectivity index (χ1v) is 7.65. The summed E-state index contributed by atoms with van der Waals surface area (Å²) in [5.41, 5.74) is 3.55. The molecule has 0 unspecified atom stereocenters. The Kier molecular flexibility index (Phi) is 3.57. The first-order chi connectivity index (χ1) is 9.28. The van der Waals surface area contributed by atoms with E-state index in [0.29, 0.717) is 6.42 Å². The second-order valence-electron chi connectivity index (χ2n) is 4.43. The molecule has 1 N–H and O–H groups in total. The highest BCUT2D eigenvalue weighted by atomic mass is 32.2. The van der Waals surface area contributed by atoms with Crippen LogP contribution in [0.25, 0.3) is 0 Å². The standard InChI is InChI=1S/C14H14N2OS2/c1-17-12-5-3-2-4-9(12)6-13-15-11-8-19-7-10(11)14(18)16-13/h2-5H,6-8H2,1H3,(H,15,16,18). The minimum absolute atomic E-state index is 0.714. The van der Waals surface area contributed by atoms with Crippen molar-refractivity contribution in [3.63, 3.8) is 0 Å². The lowest BCUT2D eigenvalue weighted by Gasteiger charge is -2.09. The number of fused-ring (bicyclic) bond motifs is 1. The highest BCUT2D eigenvalue weighted by Crippen LogP contribution is 2.29. The molecule has 0 atom stereocenters. The number of hydrogen-bond acceptors (Lipinski definition) is 4. The molecule has 3 rings (SSSR count). The smallest absolute Gasteiger partial charge is 0.134 e. The van der Waals surface area contributed by atoms with Crippen LogP contribution in [0.5, 0.6) is 5.75 Å². The fourth-order valence-corrected chi connectivity index (χ4v) is 3.70. The molecule has 2 aromatic rings. The third kappa shape index (κ3) is 2.53. The lowest BCUT2D eigenvalue weighted by atomic mass is 10.1. The van der Waals surface area contributed by atoms with Gasteiger partial charge in [-0.05, 0) is 6.07 Å². The number of methoxy groups -OCH3 is 1. The maximum atomic E-state index is 5.37. The molecule has 1 aliphatic rings. The SMILES string of the molecule is COc1ccccc1Cc1nc(=S)c2c([nH]1)CSC2. The normalized spacial score (nSPS) is 13.3. The average molecular weight is 290 g/mol. The maximum absolute atomic E-state index is 5.37. The Morgan fingerprint density at radius 3 is 3.05 bits per heavy atom. The predicted octanol–water partition coefficient (Wildman–Crippen LogP) is 3.49. The van der Waals surface area contributed by atoms with Gasteiger partial charge in [0.15, 0.2) is 0 Å². The zero-order valence-electron chi connectivity index (χ0n) is 10.6. The molecule has 5 heteroatoms. The topological polar surface area (TPSA) is 37.9 Å². The quantitative estimate of drug-likeness (QED) is 0.878. The molecule has 0 aliphatic carbocycles. The van der Waals surface area contributed by atoms with Crippen molar-refractivity contribution >= 4 is 24.0 Å². The van der Waals surface area contributed by atoms with Crippen molar-refractivity contribution in [3.05, 3.63) is 51.6 Å². The summed E-state index contributed by atoms with van der Waals surface area (Å²) in [4.78, 5) is 7.92. The molecule has 0 radical (unpaired) electrons. The molecule has 98 valence electrons. The Balaban J connectivity index is 1.96. The van der Waals surface area contributed by atoms with Crippen LogP contribution < -0.4 is 4.74 Å². The van der Waals surface area contributed by atoms with Gasteiger partial charge < -0.3 is 9.72 Å². The molecule has 3 nitrogen and oxygen atoms in total. The number of thioether (sulfide) groups is 1. The Bertz CT molecular complexity index is 667. The summed E-state index contributed by atoms with van der Waals surface area (Å²) in [6, 6.07) is 8.00. The van der Waals surface area contributed by atoms with E-state index in [1.54, 1.807) is 7.11 Å². The molecular formula is C14H14N2OS2. The van der Waals surface area contributed by atoms with Gasteiger partial charge in [-0.1, -0.05) is 30.4 Å². The molecule has 2 heterocycles. The summed E-state index contributed by atoms with van der Waals surface area (Å²) < 4.78 is 6.11. The second kappa shape index (κ2) is 5.35. The Morgan fingerprint density at radius 2 is 2.21 bits per heavy atom. The van der Waals surface area contributed by atoms with E-state index in [4.69, 9.17) is 17.0 Å². The van der Waals surface area contributed by atoms with E-state index in [0.717, 1.165) is 33.3 Å². The molecule has 0 fully saturated rings. The van der Waals surface area contributed by atoms with Crippen LogP contribution in [0, 0.1) is 4.64 Å². The van der Waals surface area contributed by atoms with Gasteiger partial charge in [0, 0.05) is 34.7 Å². The van der Waals surface area contributed by atoms with Gasteiger partial charge in [0.1, 0.15) is 16.2 Å². The number of rotatable bonds is 3. The van der Waals surface area contributed by atoms with E-state index in [1.165, 1.54) is 11.3 Å². The lowest BCUT2D eigenvalue weighted by Crippen LogP contribution is -2.03. The Morgan fingerprint density at radius 1 is 1.37 bits per heavy atom. The summed E-state index contributed by atoms with van der Waals surface area (Å²) >= 11 is 7.25. The Labute approximate surface area is 121 Å². The van der Waals surface area contributed by atoms with E-state index < -0.39 is 0 Å². The number of benzene rings is 1. The first-order valence-electron chi connectivity index (χ1n) is 6.08. The van der Waals surface area contributed by atoms with Gasteiger partial charge in [-0.3, -0.25) is 0 Å². The lowest BCUT2D eigenvalue weighted by molar-refractivity contribution is 0.410. The number of nitrogens with one attached hydrogen (secondary N) is 1. The minimum Gasteiger partial charge on any atom is -0.496 e. The van der Waals surface area contributed by atoms with Crippen molar-refractivity contribution in [2.24, 2.45) is 0 Å². The molecule has 0 amide bonds. The minimum atomic E-state index is 0.714. The van der Waals surface area contributed by atoms with Crippen LogP contribution in [0.2, 0.25) is 0 Å². The van der Waals surface area contributed by atoms with Crippen LogP contribution in [0.15, 0.2) is 24.3 Å². The zero-order chi connectivity index (χ0) is 13.2. The molecule has 0 saturated heterocycles. The van der Waals surface area contributed by atoms with Crippen molar-refractivity contribution in [2.75, 3.05) is 7.11 Å². The van der Waals surface area contributed by atoms with Gasteiger partial charge in [0.05, 0.1) is 7.11 Å². The molecule has 0 saturated carbocycles. The van der Waals surface area contributed by atoms with Crippen molar-refractivity contribution in [3.8, 4) is 5.75 Å². The second-order valence-corrected chi connectivity index (χ2v) is 5.80. The van der Waals surface area contributed by atoms with Crippen molar-refractivity contribution < 1.29 is 4.74 Å². The highest BCUT2D eigenvalue weighted by molar-refractivity contribution is 7.98. The first kappa shape index (κ1) is 12.7. The van der Waals surface area contributed by atoms with E-state index in [2.05, 4.69) is 16.0 Å². The largest absolute Gasteiger partial charge is 0.496 e. The monoisotopic (exact) mass is 290 g/mol. The van der Waals surface area contributed by atoms with E-state index in [9.17, 15) is 0 Å². The molecule has 1 aliphatic heterocycles. The fourth-order valence-electron chi connectivity index (χ4n) is 2.24. The van der Waals surface area contributed by atoms with E-state index in [-0.39, 0.29) is 0 Å². The number of ether oxygens (including phenoxy) is 1. The summed E-state index contributed by atoms with van der Waals surface area (Å²) in [6.45, 7) is 0. The van der Waals surface area contributed by atoms with Crippen molar-refractivity contribution in [1.82, 2.24) is 9.97 Å². The molecule has 0 bridgehead atoms. The molecule has 1 aromatic heterocycles. The summed E-state index contributed by atoms with van der Waals surface area (Å²) in [7, 11) is 1.69. The van der Waals surface area contributed by atoms with Gasteiger partial charge in [-0.25, -0.2) is 4.98 Å². The third-order valence-electron chi connectivity index (χ3n) is 3.20. The fraction of sp³-hybridized carbons (Fsp3) is 0.286. The van der Waals surface area contributed by atoms with E-state index in [1.807, 2.05) is 30.0 Å². The number of H-pyrrole nitrogens is 1. The number of hydrogen-bond donors (Lipinski definition) is 1. The maximum Gasteiger partial charge on any atom is 0.134 e. The number of nitrogens with zero attached hydrogens (tertiary/aromatic N) is 1. The average Bonchev–Trinajstić information content (AvgIpc) is 2.88. The number of aromatic amines is 1. The van der Waals surface area contributed by atoms with Crippen LogP contribution in [-0.4, -0.2) is 17.1 Å². The van der Waals surface area contributed by atoms with Crippen LogP contribution in [-0.2, 0) is 17.9 Å². The van der Waals surface area contributed by atoms with Gasteiger partial charge in [-0.15, -0.1) is 0 Å². The van der Waals surface area contributed by atoms with Crippen LogP contribution >= 0.6 is 24.0 Å². The predicted molar refractivity (Wildman–Crippen MR) is 80.2 cm³/mol. The zero-order valence-corrected chi connectivity index (χ0v) is 12.2. The molecular weight excluding hydrogens is 276 g/mol. The van der Waals surface area contributed by atoms with E-state index >= 15 is 0 Å². The number of para-hydroxylation sites is 1. The summed E-state index contributed by atoms with van der Waals surface area (Å²) in [5, 5.41) is 0. The van der Waals surface area contributed by atoms with Gasteiger partial charge in [-0.2, -0.15) is 11.8 Å². The number of aromatic nitrogens is 2. The third-order valence-corrected chi connectivity index (χ3v) is 4.52. The molecule has 19 heavy (non-hydrogen) atoms. The Hall–Kier alpha value is -1.33. The van der Waals surface area contributed by atoms with Crippen LogP contribution in [0.3, 0.4) is 0 Å². The van der Waals surface area contributed by atoms with Gasteiger partial charge in [0.25, 0.3) is 0 Å². The van der Waals surface area contributed by atoms with Crippen molar-refractivity contribution in [1.29, 1.82) is 0 Å².